The van der Waals surface area contributed by atoms with Gasteiger partial charge in [0.25, 0.3) is 0 Å². The fraction of sp³-hybridized carbons (Fsp3) is 0.933. The standard InChI is InChI=1S/C15H27N3/c1-15(12-16,17-14-7-8-14)9-4-10-18(2)11-13-5-3-6-13/h13-14,17H,3-11H2,1-2H3. The molecule has 0 spiro atoms. The van der Waals surface area contributed by atoms with E-state index in [1.807, 2.05) is 0 Å². The Morgan fingerprint density at radius 2 is 2.06 bits per heavy atom. The molecule has 0 saturated heterocycles. The van der Waals surface area contributed by atoms with Gasteiger partial charge in [-0.2, -0.15) is 5.26 Å². The van der Waals surface area contributed by atoms with Crippen molar-refractivity contribution in [3.8, 4) is 6.07 Å². The molecule has 18 heavy (non-hydrogen) atoms. The zero-order chi connectivity index (χ0) is 13.0. The lowest BCUT2D eigenvalue weighted by Gasteiger charge is -2.31. The summed E-state index contributed by atoms with van der Waals surface area (Å²) >= 11 is 0. The van der Waals surface area contributed by atoms with E-state index in [0.29, 0.717) is 6.04 Å². The van der Waals surface area contributed by atoms with Crippen molar-refractivity contribution < 1.29 is 0 Å². The first-order valence-electron chi connectivity index (χ1n) is 7.49. The maximum atomic E-state index is 9.29. The van der Waals surface area contributed by atoms with Crippen molar-refractivity contribution in [1.82, 2.24) is 10.2 Å². The van der Waals surface area contributed by atoms with Crippen molar-refractivity contribution in [2.75, 3.05) is 20.1 Å². The Hall–Kier alpha value is -0.590. The fourth-order valence-electron chi connectivity index (χ4n) is 2.75. The SMILES string of the molecule is CN(CCCC(C)(C#N)NC1CC1)CC1CCC1. The molecule has 2 aliphatic rings. The number of rotatable bonds is 8. The summed E-state index contributed by atoms with van der Waals surface area (Å²) in [5, 5.41) is 12.8. The quantitative estimate of drug-likeness (QED) is 0.718. The number of nitrogens with one attached hydrogen (secondary N) is 1. The lowest BCUT2D eigenvalue weighted by molar-refractivity contribution is 0.200. The van der Waals surface area contributed by atoms with E-state index in [-0.39, 0.29) is 5.54 Å². The zero-order valence-electron chi connectivity index (χ0n) is 11.9. The maximum Gasteiger partial charge on any atom is 0.104 e. The first kappa shape index (κ1) is 13.8. The van der Waals surface area contributed by atoms with Crippen LogP contribution < -0.4 is 5.32 Å². The highest BCUT2D eigenvalue weighted by molar-refractivity contribution is 5.07. The first-order chi connectivity index (χ1) is 8.61. The Labute approximate surface area is 112 Å². The van der Waals surface area contributed by atoms with Crippen LogP contribution in [-0.2, 0) is 0 Å². The summed E-state index contributed by atoms with van der Waals surface area (Å²) in [6.07, 6.45) is 8.85. The molecule has 1 unspecified atom stereocenters. The van der Waals surface area contributed by atoms with Crippen LogP contribution in [0.15, 0.2) is 0 Å². The summed E-state index contributed by atoms with van der Waals surface area (Å²) in [5.74, 6) is 0.946. The lowest BCUT2D eigenvalue weighted by Crippen LogP contribution is -2.43. The topological polar surface area (TPSA) is 39.1 Å². The van der Waals surface area contributed by atoms with E-state index in [9.17, 15) is 5.26 Å². The third-order valence-electron chi connectivity index (χ3n) is 4.36. The minimum Gasteiger partial charge on any atom is -0.306 e. The second-order valence-electron chi connectivity index (χ2n) is 6.53. The van der Waals surface area contributed by atoms with Gasteiger partial charge in [-0.25, -0.2) is 0 Å². The summed E-state index contributed by atoms with van der Waals surface area (Å²) in [6, 6.07) is 3.07. The molecule has 102 valence electrons. The summed E-state index contributed by atoms with van der Waals surface area (Å²) in [4.78, 5) is 2.44. The molecular formula is C15H27N3. The molecule has 0 aromatic heterocycles. The van der Waals surface area contributed by atoms with E-state index in [1.54, 1.807) is 0 Å². The highest BCUT2D eigenvalue weighted by atomic mass is 15.1. The Morgan fingerprint density at radius 3 is 2.56 bits per heavy atom. The second-order valence-corrected chi connectivity index (χ2v) is 6.53. The number of hydrogen-bond donors (Lipinski definition) is 1. The number of nitrogens with zero attached hydrogens (tertiary/aromatic N) is 2. The van der Waals surface area contributed by atoms with Gasteiger partial charge in [-0.05, 0) is 65.0 Å². The molecule has 0 aliphatic heterocycles. The molecule has 0 heterocycles. The van der Waals surface area contributed by atoms with E-state index >= 15 is 0 Å². The van der Waals surface area contributed by atoms with Gasteiger partial charge in [0.1, 0.15) is 5.54 Å². The predicted molar refractivity (Wildman–Crippen MR) is 74.2 cm³/mol. The van der Waals surface area contributed by atoms with Gasteiger partial charge in [-0.15, -0.1) is 0 Å². The molecule has 0 amide bonds. The van der Waals surface area contributed by atoms with Crippen LogP contribution in [0.25, 0.3) is 0 Å². The van der Waals surface area contributed by atoms with Gasteiger partial charge in [-0.3, -0.25) is 5.32 Å². The average Bonchev–Trinajstić information content (AvgIpc) is 3.07. The molecular weight excluding hydrogens is 222 g/mol. The third kappa shape index (κ3) is 4.26. The predicted octanol–water partition coefficient (Wildman–Crippen LogP) is 2.53. The van der Waals surface area contributed by atoms with Gasteiger partial charge in [0.2, 0.25) is 0 Å². The van der Waals surface area contributed by atoms with Crippen LogP contribution >= 0.6 is 0 Å². The second kappa shape index (κ2) is 6.04. The van der Waals surface area contributed by atoms with Crippen LogP contribution in [0.5, 0.6) is 0 Å². The highest BCUT2D eigenvalue weighted by Gasteiger charge is 2.32. The summed E-state index contributed by atoms with van der Waals surface area (Å²) in [5.41, 5.74) is -0.307. The largest absolute Gasteiger partial charge is 0.306 e. The molecule has 0 radical (unpaired) electrons. The van der Waals surface area contributed by atoms with Gasteiger partial charge in [0.15, 0.2) is 0 Å². The normalized spacial score (nSPS) is 23.4. The van der Waals surface area contributed by atoms with Crippen LogP contribution in [-0.4, -0.2) is 36.6 Å². The van der Waals surface area contributed by atoms with Gasteiger partial charge >= 0.3 is 0 Å². The van der Waals surface area contributed by atoms with Crippen molar-refractivity contribution >= 4 is 0 Å². The highest BCUT2D eigenvalue weighted by Crippen LogP contribution is 2.27. The lowest BCUT2D eigenvalue weighted by atomic mass is 9.85. The summed E-state index contributed by atoms with van der Waals surface area (Å²) < 4.78 is 0. The van der Waals surface area contributed by atoms with E-state index in [4.69, 9.17) is 0 Å². The van der Waals surface area contributed by atoms with Gasteiger partial charge in [0.05, 0.1) is 6.07 Å². The minimum absolute atomic E-state index is 0.307. The van der Waals surface area contributed by atoms with E-state index in [2.05, 4.69) is 30.3 Å². The minimum atomic E-state index is -0.307. The average molecular weight is 249 g/mol. The van der Waals surface area contributed by atoms with E-state index in [0.717, 1.165) is 25.3 Å². The zero-order valence-corrected chi connectivity index (χ0v) is 11.9. The van der Waals surface area contributed by atoms with Gasteiger partial charge < -0.3 is 4.90 Å². The molecule has 2 saturated carbocycles. The Balaban J connectivity index is 1.61. The van der Waals surface area contributed by atoms with Crippen LogP contribution in [0, 0.1) is 17.2 Å². The Morgan fingerprint density at radius 1 is 1.33 bits per heavy atom. The van der Waals surface area contributed by atoms with Crippen LogP contribution in [0.1, 0.15) is 51.9 Å². The molecule has 3 nitrogen and oxygen atoms in total. The van der Waals surface area contributed by atoms with Crippen molar-refractivity contribution in [3.05, 3.63) is 0 Å². The van der Waals surface area contributed by atoms with Gasteiger partial charge in [-0.1, -0.05) is 6.42 Å². The fourth-order valence-corrected chi connectivity index (χ4v) is 2.75. The Bertz CT molecular complexity index is 301. The first-order valence-corrected chi connectivity index (χ1v) is 7.49. The summed E-state index contributed by atoms with van der Waals surface area (Å²) in [7, 11) is 2.22. The summed E-state index contributed by atoms with van der Waals surface area (Å²) in [6.45, 7) is 4.43. The molecule has 0 aromatic carbocycles. The van der Waals surface area contributed by atoms with Crippen molar-refractivity contribution in [1.29, 1.82) is 5.26 Å². The van der Waals surface area contributed by atoms with Crippen LogP contribution in [0.4, 0.5) is 0 Å². The molecule has 2 rings (SSSR count). The van der Waals surface area contributed by atoms with Crippen molar-refractivity contribution in [3.63, 3.8) is 0 Å². The molecule has 2 aliphatic carbocycles. The van der Waals surface area contributed by atoms with Crippen LogP contribution in [0.3, 0.4) is 0 Å². The third-order valence-corrected chi connectivity index (χ3v) is 4.36. The van der Waals surface area contributed by atoms with Crippen molar-refractivity contribution in [2.45, 2.75) is 63.5 Å². The maximum absolute atomic E-state index is 9.29. The van der Waals surface area contributed by atoms with E-state index < -0.39 is 0 Å². The van der Waals surface area contributed by atoms with Gasteiger partial charge in [0, 0.05) is 12.6 Å². The van der Waals surface area contributed by atoms with Crippen LogP contribution in [0.2, 0.25) is 0 Å². The monoisotopic (exact) mass is 249 g/mol. The molecule has 1 N–H and O–H groups in total. The molecule has 0 aromatic rings. The molecule has 3 heteroatoms. The molecule has 2 fully saturated rings. The smallest absolute Gasteiger partial charge is 0.104 e. The van der Waals surface area contributed by atoms with Crippen molar-refractivity contribution in [2.24, 2.45) is 5.92 Å². The molecule has 1 atom stereocenters. The number of hydrogen-bond acceptors (Lipinski definition) is 3. The molecule has 0 bridgehead atoms. The number of nitriles is 1. The van der Waals surface area contributed by atoms with E-state index in [1.165, 1.54) is 38.6 Å². The Kier molecular flexibility index (Phi) is 4.64.